The quantitative estimate of drug-likeness (QED) is 0.594. The molecule has 9 nitrogen and oxygen atoms in total. The van der Waals surface area contributed by atoms with Crippen molar-refractivity contribution in [3.05, 3.63) is 65.7 Å². The van der Waals surface area contributed by atoms with E-state index >= 15 is 0 Å². The number of ether oxygens (including phenoxy) is 1. The number of imide groups is 1. The molecule has 3 unspecified atom stereocenters. The number of nitrogens with two attached hydrogens (primary N) is 1. The van der Waals surface area contributed by atoms with Crippen molar-refractivity contribution in [3.8, 4) is 0 Å². The van der Waals surface area contributed by atoms with Gasteiger partial charge in [-0.05, 0) is 49.1 Å². The lowest BCUT2D eigenvalue weighted by Gasteiger charge is -2.38. The molecule has 3 atom stereocenters. The van der Waals surface area contributed by atoms with E-state index in [-0.39, 0.29) is 11.6 Å². The Labute approximate surface area is 226 Å². The molecule has 3 N–H and O–H groups in total. The van der Waals surface area contributed by atoms with Gasteiger partial charge in [-0.1, -0.05) is 38.1 Å². The topological polar surface area (TPSA) is 108 Å². The first-order valence-corrected chi connectivity index (χ1v) is 13.4. The SMILES string of the molecule is CC.NC(=O)C1OC(=O)N(C(=O)NC2CCN(C3CCN(c4ccccc4)CC3)C2)C1c1ccc(F)c(F)c1. The summed E-state index contributed by atoms with van der Waals surface area (Å²) in [6.07, 6.45) is 0.124. The molecule has 0 bridgehead atoms. The molecule has 5 rings (SSSR count). The van der Waals surface area contributed by atoms with Crippen LogP contribution >= 0.6 is 0 Å². The number of amides is 4. The third kappa shape index (κ3) is 6.13. The Morgan fingerprint density at radius 1 is 0.974 bits per heavy atom. The number of para-hydroxylation sites is 1. The number of nitrogens with zero attached hydrogens (tertiary/aromatic N) is 3. The van der Waals surface area contributed by atoms with Gasteiger partial charge in [-0.3, -0.25) is 9.69 Å². The zero-order valence-corrected chi connectivity index (χ0v) is 22.2. The van der Waals surface area contributed by atoms with E-state index in [0.717, 1.165) is 49.5 Å². The second-order valence-electron chi connectivity index (χ2n) is 9.68. The lowest BCUT2D eigenvalue weighted by Crippen LogP contribution is -2.49. The van der Waals surface area contributed by atoms with Crippen LogP contribution in [-0.4, -0.2) is 72.2 Å². The second-order valence-corrected chi connectivity index (χ2v) is 9.68. The molecule has 3 saturated heterocycles. The Bertz CT molecular complexity index is 1180. The normalized spacial score (nSPS) is 23.7. The maximum atomic E-state index is 13.9. The van der Waals surface area contributed by atoms with E-state index in [2.05, 4.69) is 27.2 Å². The van der Waals surface area contributed by atoms with E-state index < -0.39 is 41.8 Å². The third-order valence-corrected chi connectivity index (χ3v) is 7.42. The van der Waals surface area contributed by atoms with Gasteiger partial charge in [0.05, 0.1) is 0 Å². The van der Waals surface area contributed by atoms with E-state index in [9.17, 15) is 23.2 Å². The molecule has 4 amide bonds. The average Bonchev–Trinajstić information content (AvgIpc) is 3.56. The highest BCUT2D eigenvalue weighted by Gasteiger charge is 2.50. The summed E-state index contributed by atoms with van der Waals surface area (Å²) in [5.74, 6) is -3.27. The zero-order valence-electron chi connectivity index (χ0n) is 22.2. The van der Waals surface area contributed by atoms with E-state index in [1.807, 2.05) is 32.0 Å². The number of carbonyl (C=O) groups excluding carboxylic acids is 3. The molecule has 11 heteroatoms. The summed E-state index contributed by atoms with van der Waals surface area (Å²) in [4.78, 5) is 43.1. The number of hydrogen-bond acceptors (Lipinski definition) is 6. The van der Waals surface area contributed by atoms with Gasteiger partial charge in [0.1, 0.15) is 6.04 Å². The first-order chi connectivity index (χ1) is 18.8. The van der Waals surface area contributed by atoms with Gasteiger partial charge < -0.3 is 20.7 Å². The van der Waals surface area contributed by atoms with E-state index in [4.69, 9.17) is 10.5 Å². The van der Waals surface area contributed by atoms with Gasteiger partial charge in [0.2, 0.25) is 6.10 Å². The zero-order chi connectivity index (χ0) is 28.1. The standard InChI is InChI=1S/C26H29F2N5O4.C2H6/c27-20-7-6-16(14-21(20)28)22-23(24(29)34)37-26(36)33(22)25(35)30-17-8-11-32(15-17)19-9-12-31(13-10-19)18-4-2-1-3-5-18;1-2/h1-7,14,17,19,22-23H,8-13,15H2,(H2,29,34)(H,30,35);1-2H3. The Hall–Kier alpha value is -3.73. The van der Waals surface area contributed by atoms with Crippen LogP contribution in [0.3, 0.4) is 0 Å². The van der Waals surface area contributed by atoms with Crippen molar-refractivity contribution >= 4 is 23.7 Å². The third-order valence-electron chi connectivity index (χ3n) is 7.42. The number of halogens is 2. The fourth-order valence-electron chi connectivity index (χ4n) is 5.53. The van der Waals surface area contributed by atoms with E-state index in [0.29, 0.717) is 19.0 Å². The molecule has 3 fully saturated rings. The number of urea groups is 1. The van der Waals surface area contributed by atoms with Crippen molar-refractivity contribution in [1.82, 2.24) is 15.1 Å². The molecule has 0 aromatic heterocycles. The number of nitrogens with one attached hydrogen (secondary N) is 1. The van der Waals surface area contributed by atoms with E-state index in [1.165, 1.54) is 11.8 Å². The van der Waals surface area contributed by atoms with Crippen LogP contribution in [0.5, 0.6) is 0 Å². The highest BCUT2D eigenvalue weighted by Crippen LogP contribution is 2.34. The minimum Gasteiger partial charge on any atom is -0.433 e. The number of anilines is 1. The number of piperidine rings is 1. The predicted octanol–water partition coefficient (Wildman–Crippen LogP) is 3.79. The molecule has 3 aliphatic heterocycles. The van der Waals surface area contributed by atoms with Crippen molar-refractivity contribution in [2.75, 3.05) is 31.1 Å². The van der Waals surface area contributed by atoms with Gasteiger partial charge in [-0.15, -0.1) is 0 Å². The Balaban J connectivity index is 0.00000172. The monoisotopic (exact) mass is 543 g/mol. The lowest BCUT2D eigenvalue weighted by molar-refractivity contribution is -0.125. The summed E-state index contributed by atoms with van der Waals surface area (Å²) in [7, 11) is 0. The molecule has 39 heavy (non-hydrogen) atoms. The van der Waals surface area contributed by atoms with Gasteiger partial charge >= 0.3 is 12.1 Å². The van der Waals surface area contributed by atoms with Crippen LogP contribution < -0.4 is 16.0 Å². The van der Waals surface area contributed by atoms with Crippen LogP contribution in [0.4, 0.5) is 24.1 Å². The highest BCUT2D eigenvalue weighted by molar-refractivity contribution is 5.97. The fraction of sp³-hybridized carbons (Fsp3) is 0.464. The maximum Gasteiger partial charge on any atom is 0.419 e. The predicted molar refractivity (Wildman–Crippen MR) is 142 cm³/mol. The number of likely N-dealkylation sites (tertiary alicyclic amines) is 1. The Morgan fingerprint density at radius 2 is 1.67 bits per heavy atom. The van der Waals surface area contributed by atoms with Crippen molar-refractivity contribution in [2.24, 2.45) is 5.73 Å². The summed E-state index contributed by atoms with van der Waals surface area (Å²) in [6.45, 7) is 7.33. The summed E-state index contributed by atoms with van der Waals surface area (Å²) in [5.41, 5.74) is 6.62. The number of carbonyl (C=O) groups is 3. The molecule has 0 saturated carbocycles. The largest absolute Gasteiger partial charge is 0.433 e. The van der Waals surface area contributed by atoms with Gasteiger partial charge in [-0.2, -0.15) is 0 Å². The van der Waals surface area contributed by atoms with Crippen molar-refractivity contribution in [3.63, 3.8) is 0 Å². The van der Waals surface area contributed by atoms with Crippen molar-refractivity contribution in [2.45, 2.75) is 57.3 Å². The molecule has 2 aromatic carbocycles. The van der Waals surface area contributed by atoms with Gasteiger partial charge in [-0.25, -0.2) is 23.3 Å². The van der Waals surface area contributed by atoms with Gasteiger partial charge in [0.25, 0.3) is 5.91 Å². The lowest BCUT2D eigenvalue weighted by atomic mass is 10.00. The molecule has 0 aliphatic carbocycles. The molecule has 0 radical (unpaired) electrons. The summed E-state index contributed by atoms with van der Waals surface area (Å²) >= 11 is 0. The smallest absolute Gasteiger partial charge is 0.419 e. The van der Waals surface area contributed by atoms with Gasteiger partial charge in [0, 0.05) is 44.0 Å². The van der Waals surface area contributed by atoms with Crippen LogP contribution in [0.15, 0.2) is 48.5 Å². The minimum absolute atomic E-state index is 0.0296. The first-order valence-electron chi connectivity index (χ1n) is 13.4. The molecule has 3 heterocycles. The minimum atomic E-state index is -1.52. The van der Waals surface area contributed by atoms with Crippen LogP contribution in [0, 0.1) is 11.6 Å². The number of hydrogen-bond donors (Lipinski definition) is 2. The molecule has 2 aromatic rings. The molecular weight excluding hydrogens is 508 g/mol. The second kappa shape index (κ2) is 12.4. The average molecular weight is 544 g/mol. The summed E-state index contributed by atoms with van der Waals surface area (Å²) in [6, 6.07) is 11.3. The van der Waals surface area contributed by atoms with Crippen LogP contribution in [-0.2, 0) is 9.53 Å². The molecule has 0 spiro atoms. The van der Waals surface area contributed by atoms with Crippen LogP contribution in [0.1, 0.15) is 44.7 Å². The van der Waals surface area contributed by atoms with Crippen molar-refractivity contribution in [1.29, 1.82) is 0 Å². The summed E-state index contributed by atoms with van der Waals surface area (Å²) in [5, 5.41) is 2.85. The van der Waals surface area contributed by atoms with Crippen molar-refractivity contribution < 1.29 is 27.9 Å². The summed E-state index contributed by atoms with van der Waals surface area (Å²) < 4.78 is 32.4. The Kier molecular flexibility index (Phi) is 9.01. The fourth-order valence-corrected chi connectivity index (χ4v) is 5.53. The number of primary amides is 1. The highest BCUT2D eigenvalue weighted by atomic mass is 19.2. The number of benzene rings is 2. The molecular formula is C28H35F2N5O4. The first kappa shape index (κ1) is 28.3. The maximum absolute atomic E-state index is 13.9. The van der Waals surface area contributed by atoms with Crippen LogP contribution in [0.2, 0.25) is 0 Å². The Morgan fingerprint density at radius 3 is 2.31 bits per heavy atom. The number of rotatable bonds is 5. The van der Waals surface area contributed by atoms with Crippen LogP contribution in [0.25, 0.3) is 0 Å². The van der Waals surface area contributed by atoms with E-state index in [1.54, 1.807) is 0 Å². The molecule has 3 aliphatic rings. The number of cyclic esters (lactones) is 1. The van der Waals surface area contributed by atoms with Gasteiger partial charge in [0.15, 0.2) is 11.6 Å². The molecule has 210 valence electrons.